The molecule has 0 atom stereocenters. The standard InChI is InChI=1S/C58H41N/c1-57(2)51-20-10-6-16-45(51)49-34-32-43(36-55(49)57)59(42-30-28-41(29-31-42)40-26-24-39(25-27-40)38-14-4-3-5-15-38)44-33-35-50-48-19-9-13-23-54(48)58(56(50)37-44)52-21-11-7-17-46(52)47-18-8-12-22-53(47)58/h3-37H,1-2H3/i28D,29D,30D,31D. The van der Waals surface area contributed by atoms with Gasteiger partial charge < -0.3 is 4.90 Å². The normalized spacial score (nSPS) is 15.2. The van der Waals surface area contributed by atoms with Crippen LogP contribution in [0.5, 0.6) is 0 Å². The van der Waals surface area contributed by atoms with Crippen molar-refractivity contribution in [1.82, 2.24) is 0 Å². The second kappa shape index (κ2) is 12.6. The molecule has 0 aromatic heterocycles. The lowest BCUT2D eigenvalue weighted by atomic mass is 9.70. The number of hydrogen-bond acceptors (Lipinski definition) is 1. The summed E-state index contributed by atoms with van der Waals surface area (Å²) in [6, 6.07) is 65.3. The molecule has 1 nitrogen and oxygen atoms in total. The molecule has 1 heteroatoms. The number of rotatable bonds is 5. The molecule has 0 fully saturated rings. The molecule has 12 rings (SSSR count). The SMILES string of the molecule is [2H]c1c([2H])c(N(c2ccc3c(c2)C(C)(C)c2ccccc2-3)c2ccc3c(c2)C2(c4ccccc4-c4ccccc42)c2ccccc2-3)c([2H])c([2H])c1-c1ccc(-c2ccccc2)cc1. The van der Waals surface area contributed by atoms with Crippen LogP contribution >= 0.6 is 0 Å². The molecule has 0 heterocycles. The van der Waals surface area contributed by atoms with Crippen molar-refractivity contribution in [2.24, 2.45) is 0 Å². The highest BCUT2D eigenvalue weighted by Gasteiger charge is 2.51. The lowest BCUT2D eigenvalue weighted by Gasteiger charge is -2.32. The molecular formula is C58H41N. The number of anilines is 3. The van der Waals surface area contributed by atoms with Crippen molar-refractivity contribution in [2.45, 2.75) is 24.7 Å². The van der Waals surface area contributed by atoms with E-state index < -0.39 is 5.41 Å². The maximum Gasteiger partial charge on any atom is 0.0726 e. The van der Waals surface area contributed by atoms with Crippen molar-refractivity contribution >= 4 is 17.1 Å². The molecule has 0 aliphatic heterocycles. The molecule has 0 amide bonds. The van der Waals surface area contributed by atoms with E-state index in [1.54, 1.807) is 0 Å². The van der Waals surface area contributed by atoms with Crippen molar-refractivity contribution in [3.05, 3.63) is 246 Å². The van der Waals surface area contributed by atoms with Crippen LogP contribution in [0.1, 0.15) is 52.7 Å². The van der Waals surface area contributed by atoms with E-state index in [-0.39, 0.29) is 40.8 Å². The third kappa shape index (κ3) is 4.79. The van der Waals surface area contributed by atoms with E-state index in [1.165, 1.54) is 44.5 Å². The molecule has 9 aromatic carbocycles. The van der Waals surface area contributed by atoms with E-state index in [0.29, 0.717) is 5.56 Å². The van der Waals surface area contributed by atoms with Gasteiger partial charge in [0.25, 0.3) is 0 Å². The first-order valence-electron chi connectivity index (χ1n) is 22.4. The van der Waals surface area contributed by atoms with Gasteiger partial charge >= 0.3 is 0 Å². The zero-order chi connectivity index (χ0) is 42.8. The summed E-state index contributed by atoms with van der Waals surface area (Å²) in [6.07, 6.45) is 0. The van der Waals surface area contributed by atoms with E-state index in [4.69, 9.17) is 0 Å². The third-order valence-electron chi connectivity index (χ3n) is 13.2. The summed E-state index contributed by atoms with van der Waals surface area (Å²) < 4.78 is 38.9. The third-order valence-corrected chi connectivity index (χ3v) is 13.2. The predicted molar refractivity (Wildman–Crippen MR) is 246 cm³/mol. The molecule has 0 bridgehead atoms. The van der Waals surface area contributed by atoms with Crippen LogP contribution in [0.15, 0.2) is 212 Å². The Morgan fingerprint density at radius 3 is 1.25 bits per heavy atom. The number of nitrogens with zero attached hydrogens (tertiary/aromatic N) is 1. The Morgan fingerprint density at radius 1 is 0.322 bits per heavy atom. The fourth-order valence-electron chi connectivity index (χ4n) is 10.5. The van der Waals surface area contributed by atoms with Crippen LogP contribution in [-0.4, -0.2) is 0 Å². The van der Waals surface area contributed by atoms with Crippen LogP contribution in [-0.2, 0) is 10.8 Å². The molecule has 1 spiro atoms. The largest absolute Gasteiger partial charge is 0.310 e. The van der Waals surface area contributed by atoms with Gasteiger partial charge in [-0.2, -0.15) is 0 Å². The first-order chi connectivity index (χ1) is 30.7. The van der Waals surface area contributed by atoms with Gasteiger partial charge in [-0.1, -0.05) is 190 Å². The summed E-state index contributed by atoms with van der Waals surface area (Å²) in [4.78, 5) is 1.98. The average Bonchev–Trinajstić information content (AvgIpc) is 3.88. The van der Waals surface area contributed by atoms with Crippen molar-refractivity contribution in [3.8, 4) is 55.6 Å². The van der Waals surface area contributed by atoms with E-state index in [9.17, 15) is 5.48 Å². The second-order valence-electron chi connectivity index (χ2n) is 16.5. The maximum atomic E-state index is 9.85. The molecule has 59 heavy (non-hydrogen) atoms. The molecule has 278 valence electrons. The Balaban J connectivity index is 1.10. The van der Waals surface area contributed by atoms with Crippen LogP contribution in [0.3, 0.4) is 0 Å². The minimum Gasteiger partial charge on any atom is -0.310 e. The molecule has 0 radical (unpaired) electrons. The summed E-state index contributed by atoms with van der Waals surface area (Å²) in [5, 5.41) is 0. The van der Waals surface area contributed by atoms with Gasteiger partial charge in [-0.05, 0) is 125 Å². The van der Waals surface area contributed by atoms with E-state index in [1.807, 2.05) is 47.4 Å². The van der Waals surface area contributed by atoms with Crippen molar-refractivity contribution in [3.63, 3.8) is 0 Å². The number of fused-ring (bicyclic) bond motifs is 13. The second-order valence-corrected chi connectivity index (χ2v) is 16.5. The van der Waals surface area contributed by atoms with Gasteiger partial charge in [0, 0.05) is 22.5 Å². The predicted octanol–water partition coefficient (Wildman–Crippen LogP) is 15.1. The molecular weight excluding hydrogens is 711 g/mol. The smallest absolute Gasteiger partial charge is 0.0726 e. The molecule has 3 aliphatic carbocycles. The number of hydrogen-bond donors (Lipinski definition) is 0. The van der Waals surface area contributed by atoms with Crippen molar-refractivity contribution < 1.29 is 5.48 Å². The topological polar surface area (TPSA) is 3.24 Å². The molecule has 0 N–H and O–H groups in total. The first-order valence-corrected chi connectivity index (χ1v) is 20.4. The highest BCUT2D eigenvalue weighted by atomic mass is 15.1. The van der Waals surface area contributed by atoms with Gasteiger partial charge in [-0.25, -0.2) is 0 Å². The average molecular weight is 756 g/mol. The van der Waals surface area contributed by atoms with Gasteiger partial charge in [-0.3, -0.25) is 0 Å². The fraction of sp³-hybridized carbons (Fsp3) is 0.0690. The van der Waals surface area contributed by atoms with Gasteiger partial charge in [0.05, 0.1) is 10.9 Å². The molecule has 0 unspecified atom stereocenters. The van der Waals surface area contributed by atoms with Crippen molar-refractivity contribution in [2.75, 3.05) is 4.90 Å². The Bertz CT molecular complexity index is 3270. The summed E-state index contributed by atoms with van der Waals surface area (Å²) in [7, 11) is 0. The Kier molecular flexibility index (Phi) is 6.41. The quantitative estimate of drug-likeness (QED) is 0.169. The van der Waals surface area contributed by atoms with E-state index >= 15 is 0 Å². The summed E-state index contributed by atoms with van der Waals surface area (Å²) in [5.41, 5.74) is 18.2. The minimum absolute atomic E-state index is 0.0824. The van der Waals surface area contributed by atoms with Crippen LogP contribution in [0.25, 0.3) is 55.6 Å². The highest BCUT2D eigenvalue weighted by Crippen LogP contribution is 2.63. The number of benzene rings is 9. The zero-order valence-corrected chi connectivity index (χ0v) is 32.8. The Morgan fingerprint density at radius 2 is 0.712 bits per heavy atom. The summed E-state index contributed by atoms with van der Waals surface area (Å²) >= 11 is 0. The highest BCUT2D eigenvalue weighted by molar-refractivity contribution is 5.96. The van der Waals surface area contributed by atoms with Crippen LogP contribution in [0, 0.1) is 0 Å². The minimum atomic E-state index is -0.604. The van der Waals surface area contributed by atoms with Gasteiger partial charge in [0.15, 0.2) is 0 Å². The summed E-state index contributed by atoms with van der Waals surface area (Å²) in [5.74, 6) is 0. The van der Waals surface area contributed by atoms with Crippen LogP contribution in [0.4, 0.5) is 17.1 Å². The Labute approximate surface area is 352 Å². The fourth-order valence-corrected chi connectivity index (χ4v) is 10.5. The van der Waals surface area contributed by atoms with Gasteiger partial charge in [-0.15, -0.1) is 0 Å². The molecule has 0 saturated heterocycles. The van der Waals surface area contributed by atoms with Crippen LogP contribution < -0.4 is 4.90 Å². The lowest BCUT2D eigenvalue weighted by Crippen LogP contribution is -2.26. The monoisotopic (exact) mass is 755 g/mol. The van der Waals surface area contributed by atoms with E-state index in [0.717, 1.165) is 44.8 Å². The van der Waals surface area contributed by atoms with Crippen molar-refractivity contribution in [1.29, 1.82) is 0 Å². The molecule has 3 aliphatic rings. The lowest BCUT2D eigenvalue weighted by molar-refractivity contribution is 0.660. The van der Waals surface area contributed by atoms with Gasteiger partial charge in [0.2, 0.25) is 0 Å². The Hall–Kier alpha value is -7.22. The maximum absolute atomic E-state index is 9.85. The van der Waals surface area contributed by atoms with Gasteiger partial charge in [0.1, 0.15) is 0 Å². The van der Waals surface area contributed by atoms with Crippen LogP contribution in [0.2, 0.25) is 0 Å². The first kappa shape index (κ1) is 29.9. The summed E-state index contributed by atoms with van der Waals surface area (Å²) in [6.45, 7) is 4.51. The van der Waals surface area contributed by atoms with E-state index in [2.05, 4.69) is 159 Å². The molecule has 0 saturated carbocycles. The molecule has 9 aromatic rings. The zero-order valence-electron chi connectivity index (χ0n) is 36.8.